The predicted molar refractivity (Wildman–Crippen MR) is 334 cm³/mol. The van der Waals surface area contributed by atoms with Gasteiger partial charge in [-0.25, -0.2) is 0 Å². The highest BCUT2D eigenvalue weighted by Gasteiger charge is 2.19. The number of carbonyl (C=O) groups excluding carboxylic acids is 3. The van der Waals surface area contributed by atoms with Gasteiger partial charge in [0.1, 0.15) is 13.2 Å². The van der Waals surface area contributed by atoms with Gasteiger partial charge in [-0.1, -0.05) is 269 Å². The average Bonchev–Trinajstić information content (AvgIpc) is 3.43. The third-order valence-electron chi connectivity index (χ3n) is 12.8. The van der Waals surface area contributed by atoms with E-state index in [9.17, 15) is 14.4 Å². The van der Waals surface area contributed by atoms with Gasteiger partial charge in [0.2, 0.25) is 0 Å². The fourth-order valence-corrected chi connectivity index (χ4v) is 8.22. The van der Waals surface area contributed by atoms with Crippen LogP contribution in [0.15, 0.2) is 146 Å². The smallest absolute Gasteiger partial charge is 0.310 e. The van der Waals surface area contributed by atoms with Crippen molar-refractivity contribution in [3.05, 3.63) is 146 Å². The van der Waals surface area contributed by atoms with Crippen LogP contribution in [-0.2, 0) is 28.6 Å². The Labute approximate surface area is 474 Å². The summed E-state index contributed by atoms with van der Waals surface area (Å²) in [5.41, 5.74) is 0. The van der Waals surface area contributed by atoms with Gasteiger partial charge in [-0.3, -0.25) is 14.4 Å². The van der Waals surface area contributed by atoms with E-state index in [0.717, 1.165) is 122 Å². The first-order chi connectivity index (χ1) is 38.0. The van der Waals surface area contributed by atoms with Crippen LogP contribution >= 0.6 is 0 Å². The van der Waals surface area contributed by atoms with E-state index in [1.54, 1.807) is 6.08 Å². The van der Waals surface area contributed by atoms with Crippen LogP contribution in [0.1, 0.15) is 265 Å². The van der Waals surface area contributed by atoms with Crippen LogP contribution in [0, 0.1) is 0 Å². The van der Waals surface area contributed by atoms with Gasteiger partial charge >= 0.3 is 17.9 Å². The van der Waals surface area contributed by atoms with Crippen LogP contribution in [0.5, 0.6) is 0 Å². The first-order valence-electron chi connectivity index (χ1n) is 31.3. The fraction of sp³-hybridized carbons (Fsp3) is 0.620. The number of allylic oxidation sites excluding steroid dienone is 23. The number of carbonyl (C=O) groups is 3. The highest BCUT2D eigenvalue weighted by Crippen LogP contribution is 2.15. The molecule has 6 nitrogen and oxygen atoms in total. The van der Waals surface area contributed by atoms with Crippen LogP contribution in [0.4, 0.5) is 0 Å². The topological polar surface area (TPSA) is 78.9 Å². The molecule has 0 aliphatic rings. The molecule has 0 aromatic rings. The van der Waals surface area contributed by atoms with Crippen molar-refractivity contribution >= 4 is 17.9 Å². The standard InChI is InChI=1S/C71H114O6/c1-4-7-10-13-16-19-22-25-28-29-30-31-32-33-34-35-36-37-38-39-40-41-44-46-49-52-55-58-61-64-70(73)76-67-68(77-71(74)65-62-59-56-53-50-47-43-27-24-21-18-15-12-9-6-3)66-75-69(72)63-60-57-54-51-48-45-42-26-23-20-17-14-11-8-5-2/h7,9-10,12,16-21,25-28,30-31,33-34,42-43,50,53,59,62,68H,4-6,8,11,13-15,22-24,29,32,35-41,44-49,51-52,54-58,60-61,63-67H2,1-3H3/b10-7-,12-9-,19-16-,20-17-,21-18-,28-25-,31-30-,34-33-,42-26-,43-27-,53-50-,62-59-. The SMILES string of the molecule is CC/C=C\C/C=C\C/C=C\C/C=C\C/C=C\CCCCCCCCCCCCCCCC(=O)OCC(COC(=O)CCCCCCC/C=C\C/C=C\CCCCC)OC(=O)C/C=C\C/C=C\C/C=C\C/C=C\C/C=C\CC. The summed E-state index contributed by atoms with van der Waals surface area (Å²) in [6.45, 7) is 6.29. The normalized spacial score (nSPS) is 13.1. The van der Waals surface area contributed by atoms with Gasteiger partial charge in [-0.15, -0.1) is 0 Å². The lowest BCUT2D eigenvalue weighted by Gasteiger charge is -2.18. The molecule has 0 spiro atoms. The van der Waals surface area contributed by atoms with Gasteiger partial charge in [0, 0.05) is 12.8 Å². The Balaban J connectivity index is 4.36. The van der Waals surface area contributed by atoms with Crippen LogP contribution in [-0.4, -0.2) is 37.2 Å². The predicted octanol–water partition coefficient (Wildman–Crippen LogP) is 21.5. The van der Waals surface area contributed by atoms with Crippen molar-refractivity contribution in [3.8, 4) is 0 Å². The second kappa shape index (κ2) is 63.8. The maximum atomic E-state index is 12.8. The van der Waals surface area contributed by atoms with Crippen molar-refractivity contribution in [2.45, 2.75) is 271 Å². The molecule has 0 fully saturated rings. The Hall–Kier alpha value is -4.71. The monoisotopic (exact) mass is 1060 g/mol. The molecule has 0 amide bonds. The molecule has 0 aliphatic carbocycles. The summed E-state index contributed by atoms with van der Waals surface area (Å²) in [5, 5.41) is 0. The molecule has 1 atom stereocenters. The van der Waals surface area contributed by atoms with Gasteiger partial charge in [-0.05, 0) is 122 Å². The van der Waals surface area contributed by atoms with Crippen molar-refractivity contribution < 1.29 is 28.6 Å². The number of hydrogen-bond acceptors (Lipinski definition) is 6. The molecule has 0 rings (SSSR count). The summed E-state index contributed by atoms with van der Waals surface area (Å²) in [7, 11) is 0. The lowest BCUT2D eigenvalue weighted by Crippen LogP contribution is -2.30. The lowest BCUT2D eigenvalue weighted by atomic mass is 10.0. The minimum absolute atomic E-state index is 0.0886. The van der Waals surface area contributed by atoms with E-state index in [4.69, 9.17) is 14.2 Å². The molecule has 0 aromatic carbocycles. The Morgan fingerprint density at radius 2 is 0.545 bits per heavy atom. The van der Waals surface area contributed by atoms with Gasteiger partial charge in [0.25, 0.3) is 0 Å². The number of rotatable bonds is 55. The third-order valence-corrected chi connectivity index (χ3v) is 12.8. The zero-order valence-electron chi connectivity index (χ0n) is 49.7. The summed E-state index contributed by atoms with van der Waals surface area (Å²) >= 11 is 0. The molecule has 434 valence electrons. The van der Waals surface area contributed by atoms with E-state index in [0.29, 0.717) is 19.3 Å². The van der Waals surface area contributed by atoms with Crippen LogP contribution in [0.25, 0.3) is 0 Å². The molecular formula is C71H114O6. The van der Waals surface area contributed by atoms with Crippen LogP contribution in [0.2, 0.25) is 0 Å². The van der Waals surface area contributed by atoms with Gasteiger partial charge in [0.05, 0.1) is 6.42 Å². The minimum atomic E-state index is -0.844. The Bertz CT molecular complexity index is 1700. The molecule has 6 heteroatoms. The number of esters is 3. The second-order valence-electron chi connectivity index (χ2n) is 20.2. The average molecular weight is 1060 g/mol. The van der Waals surface area contributed by atoms with Crippen LogP contribution < -0.4 is 0 Å². The Morgan fingerprint density at radius 3 is 0.857 bits per heavy atom. The summed E-state index contributed by atoms with van der Waals surface area (Å²) in [4.78, 5) is 38.2. The molecule has 0 N–H and O–H groups in total. The van der Waals surface area contributed by atoms with Crippen molar-refractivity contribution in [2.75, 3.05) is 13.2 Å². The summed E-state index contributed by atoms with van der Waals surface area (Å²) < 4.78 is 16.8. The Morgan fingerprint density at radius 1 is 0.286 bits per heavy atom. The van der Waals surface area contributed by atoms with E-state index in [1.165, 1.54) is 96.3 Å². The quantitative estimate of drug-likeness (QED) is 0.0261. The maximum Gasteiger partial charge on any atom is 0.310 e. The van der Waals surface area contributed by atoms with Gasteiger partial charge in [0.15, 0.2) is 6.10 Å². The highest BCUT2D eigenvalue weighted by atomic mass is 16.6. The maximum absolute atomic E-state index is 12.8. The summed E-state index contributed by atoms with van der Waals surface area (Å²) in [6.07, 6.45) is 91.7. The van der Waals surface area contributed by atoms with E-state index in [1.807, 2.05) is 6.08 Å². The molecule has 77 heavy (non-hydrogen) atoms. The first kappa shape index (κ1) is 72.3. The van der Waals surface area contributed by atoms with E-state index >= 15 is 0 Å². The van der Waals surface area contributed by atoms with Crippen molar-refractivity contribution in [1.29, 1.82) is 0 Å². The third kappa shape index (κ3) is 62.0. The highest BCUT2D eigenvalue weighted by molar-refractivity contribution is 5.72. The number of hydrogen-bond donors (Lipinski definition) is 0. The van der Waals surface area contributed by atoms with Crippen molar-refractivity contribution in [1.82, 2.24) is 0 Å². The molecule has 0 aromatic heterocycles. The number of unbranched alkanes of at least 4 members (excludes halogenated alkanes) is 21. The molecule has 0 saturated carbocycles. The molecule has 0 aliphatic heterocycles. The van der Waals surface area contributed by atoms with Crippen molar-refractivity contribution in [2.24, 2.45) is 0 Å². The second-order valence-corrected chi connectivity index (χ2v) is 20.2. The van der Waals surface area contributed by atoms with E-state index in [-0.39, 0.29) is 31.6 Å². The summed E-state index contributed by atoms with van der Waals surface area (Å²) in [5.74, 6) is -1.07. The molecule has 0 heterocycles. The molecular weight excluding hydrogens is 949 g/mol. The first-order valence-corrected chi connectivity index (χ1v) is 31.3. The van der Waals surface area contributed by atoms with E-state index in [2.05, 4.69) is 154 Å². The minimum Gasteiger partial charge on any atom is -0.462 e. The van der Waals surface area contributed by atoms with Gasteiger partial charge < -0.3 is 14.2 Å². The molecule has 0 bridgehead atoms. The number of ether oxygens (including phenoxy) is 3. The van der Waals surface area contributed by atoms with Gasteiger partial charge in [-0.2, -0.15) is 0 Å². The van der Waals surface area contributed by atoms with E-state index < -0.39 is 12.1 Å². The zero-order chi connectivity index (χ0) is 55.7. The Kier molecular flexibility index (Phi) is 59.9. The van der Waals surface area contributed by atoms with Crippen molar-refractivity contribution in [3.63, 3.8) is 0 Å². The molecule has 0 saturated heterocycles. The molecule has 1 unspecified atom stereocenters. The fourth-order valence-electron chi connectivity index (χ4n) is 8.22. The zero-order valence-corrected chi connectivity index (χ0v) is 49.7. The van der Waals surface area contributed by atoms with Crippen LogP contribution in [0.3, 0.4) is 0 Å². The largest absolute Gasteiger partial charge is 0.462 e. The molecule has 0 radical (unpaired) electrons. The summed E-state index contributed by atoms with van der Waals surface area (Å²) in [6, 6.07) is 0. The lowest BCUT2D eigenvalue weighted by molar-refractivity contribution is -0.166.